The molecule has 1 aromatic carbocycles. The van der Waals surface area contributed by atoms with Crippen LogP contribution in [0.15, 0.2) is 81.2 Å². The third-order valence-electron chi connectivity index (χ3n) is 5.24. The van der Waals surface area contributed by atoms with Gasteiger partial charge in [-0.15, -0.1) is 11.3 Å². The van der Waals surface area contributed by atoms with Crippen LogP contribution in [0.25, 0.3) is 5.65 Å². The Morgan fingerprint density at radius 2 is 2.00 bits per heavy atom. The largest absolute Gasteiger partial charge is 0.497 e. The van der Waals surface area contributed by atoms with Crippen molar-refractivity contribution in [2.45, 2.75) is 17.6 Å². The van der Waals surface area contributed by atoms with Gasteiger partial charge in [0, 0.05) is 12.6 Å². The summed E-state index contributed by atoms with van der Waals surface area (Å²) in [7, 11) is 1.62. The molecule has 3 aromatic heterocycles. The molecule has 1 amide bonds. The molecule has 4 aromatic rings. The van der Waals surface area contributed by atoms with E-state index < -0.39 is 5.69 Å². The zero-order valence-corrected chi connectivity index (χ0v) is 19.3. The standard InChI is InChI=1S/C23H19N5O3S2/c1-31-16-9-7-15(8-10-16)18-13-17(19-5-4-12-32-19)26-28(18)21(29)14-33-22-24-20-6-2-3-11-27(20)23(30)25-22/h2-12,18H,13-14H2,1H3/t18-/m1/s1. The lowest BCUT2D eigenvalue weighted by molar-refractivity contribution is -0.130. The van der Waals surface area contributed by atoms with Crippen molar-refractivity contribution in [2.24, 2.45) is 5.10 Å². The number of methoxy groups -OCH3 is 1. The van der Waals surface area contributed by atoms with Crippen LogP contribution in [0.2, 0.25) is 0 Å². The van der Waals surface area contributed by atoms with Crippen molar-refractivity contribution in [1.82, 2.24) is 19.4 Å². The quantitative estimate of drug-likeness (QED) is 0.394. The maximum Gasteiger partial charge on any atom is 0.355 e. The first-order chi connectivity index (χ1) is 16.1. The number of hydrazone groups is 1. The van der Waals surface area contributed by atoms with Gasteiger partial charge in [0.15, 0.2) is 5.16 Å². The Labute approximate surface area is 197 Å². The number of carbonyl (C=O) groups excluding carboxylic acids is 1. The SMILES string of the molecule is COc1ccc([C@H]2CC(c3cccs3)=NN2C(=O)CSc2nc(=O)n3ccccc3n2)cc1. The molecule has 0 aliphatic carbocycles. The molecule has 0 fully saturated rings. The average Bonchev–Trinajstić information content (AvgIpc) is 3.53. The summed E-state index contributed by atoms with van der Waals surface area (Å²) in [6.45, 7) is 0. The minimum absolute atomic E-state index is 0.0658. The molecule has 8 nitrogen and oxygen atoms in total. The Kier molecular flexibility index (Phi) is 5.93. The van der Waals surface area contributed by atoms with Crippen molar-refractivity contribution in [3.63, 3.8) is 0 Å². The topological polar surface area (TPSA) is 89.2 Å². The Balaban J connectivity index is 1.39. The highest BCUT2D eigenvalue weighted by Crippen LogP contribution is 2.35. The van der Waals surface area contributed by atoms with Gasteiger partial charge in [-0.05, 0) is 41.3 Å². The molecule has 0 unspecified atom stereocenters. The lowest BCUT2D eigenvalue weighted by Gasteiger charge is -2.22. The predicted octanol–water partition coefficient (Wildman–Crippen LogP) is 3.63. The normalized spacial score (nSPS) is 15.6. The zero-order chi connectivity index (χ0) is 22.8. The maximum absolute atomic E-state index is 13.2. The molecule has 1 aliphatic heterocycles. The van der Waals surface area contributed by atoms with Crippen LogP contribution in [0, 0.1) is 0 Å². The summed E-state index contributed by atoms with van der Waals surface area (Å²) >= 11 is 2.73. The van der Waals surface area contributed by atoms with E-state index in [0.717, 1.165) is 33.7 Å². The monoisotopic (exact) mass is 477 g/mol. The van der Waals surface area contributed by atoms with Crippen LogP contribution in [0.4, 0.5) is 0 Å². The molecule has 4 heterocycles. The lowest BCUT2D eigenvalue weighted by Crippen LogP contribution is -2.29. The average molecular weight is 478 g/mol. The zero-order valence-electron chi connectivity index (χ0n) is 17.6. The summed E-state index contributed by atoms with van der Waals surface area (Å²) in [6, 6.07) is 16.7. The van der Waals surface area contributed by atoms with Crippen molar-refractivity contribution >= 4 is 40.4 Å². The number of fused-ring (bicyclic) bond motifs is 1. The molecule has 166 valence electrons. The number of hydrogen-bond donors (Lipinski definition) is 0. The summed E-state index contributed by atoms with van der Waals surface area (Å²) < 4.78 is 6.63. The van der Waals surface area contributed by atoms with E-state index in [2.05, 4.69) is 15.1 Å². The van der Waals surface area contributed by atoms with E-state index in [1.54, 1.807) is 42.8 Å². The molecule has 10 heteroatoms. The van der Waals surface area contributed by atoms with Gasteiger partial charge in [-0.2, -0.15) is 10.1 Å². The van der Waals surface area contributed by atoms with Crippen LogP contribution in [0.1, 0.15) is 22.9 Å². The van der Waals surface area contributed by atoms with Crippen LogP contribution >= 0.6 is 23.1 Å². The highest BCUT2D eigenvalue weighted by molar-refractivity contribution is 7.99. The number of pyridine rings is 1. The number of benzene rings is 1. The van der Waals surface area contributed by atoms with Crippen LogP contribution in [0.5, 0.6) is 5.75 Å². The summed E-state index contributed by atoms with van der Waals surface area (Å²) in [6.07, 6.45) is 2.23. The van der Waals surface area contributed by atoms with Crippen LogP contribution in [0.3, 0.4) is 0 Å². The number of aromatic nitrogens is 3. The fourth-order valence-corrected chi connectivity index (χ4v) is 5.03. The number of rotatable bonds is 6. The number of carbonyl (C=O) groups is 1. The minimum Gasteiger partial charge on any atom is -0.497 e. The third-order valence-corrected chi connectivity index (χ3v) is 6.99. The van der Waals surface area contributed by atoms with Gasteiger partial charge in [-0.1, -0.05) is 36.0 Å². The molecule has 0 radical (unpaired) electrons. The van der Waals surface area contributed by atoms with Gasteiger partial charge < -0.3 is 4.74 Å². The molecule has 1 aliphatic rings. The molecular formula is C23H19N5O3S2. The van der Waals surface area contributed by atoms with Gasteiger partial charge >= 0.3 is 5.69 Å². The number of ether oxygens (including phenoxy) is 1. The smallest absolute Gasteiger partial charge is 0.355 e. The molecular weight excluding hydrogens is 458 g/mol. The second-order valence-electron chi connectivity index (χ2n) is 7.26. The van der Waals surface area contributed by atoms with E-state index in [0.29, 0.717) is 12.1 Å². The van der Waals surface area contributed by atoms with Gasteiger partial charge in [0.2, 0.25) is 0 Å². The summed E-state index contributed by atoms with van der Waals surface area (Å²) in [5.41, 5.74) is 1.92. The summed E-state index contributed by atoms with van der Waals surface area (Å²) in [5, 5.41) is 8.47. The van der Waals surface area contributed by atoms with E-state index in [1.165, 1.54) is 9.41 Å². The number of thioether (sulfide) groups is 1. The third kappa shape index (κ3) is 4.39. The van der Waals surface area contributed by atoms with Gasteiger partial charge in [0.05, 0.1) is 29.5 Å². The van der Waals surface area contributed by atoms with Gasteiger partial charge in [-0.25, -0.2) is 14.8 Å². The van der Waals surface area contributed by atoms with Crippen molar-refractivity contribution in [3.05, 3.63) is 87.1 Å². The maximum atomic E-state index is 13.2. The molecule has 0 saturated carbocycles. The Bertz CT molecular complexity index is 1380. The fraction of sp³-hybridized carbons (Fsp3) is 0.174. The number of nitrogens with zero attached hydrogens (tertiary/aromatic N) is 5. The molecule has 1 atom stereocenters. The second kappa shape index (κ2) is 9.16. The van der Waals surface area contributed by atoms with Crippen molar-refractivity contribution in [1.29, 1.82) is 0 Å². The number of thiophene rings is 1. The highest BCUT2D eigenvalue weighted by Gasteiger charge is 2.33. The van der Waals surface area contributed by atoms with Gasteiger partial charge in [0.25, 0.3) is 5.91 Å². The first kappa shape index (κ1) is 21.4. The predicted molar refractivity (Wildman–Crippen MR) is 128 cm³/mol. The molecule has 5 rings (SSSR count). The molecule has 33 heavy (non-hydrogen) atoms. The number of amides is 1. The summed E-state index contributed by atoms with van der Waals surface area (Å²) in [4.78, 5) is 34.9. The fourth-order valence-electron chi connectivity index (χ4n) is 3.62. The van der Waals surface area contributed by atoms with Gasteiger partial charge in [-0.3, -0.25) is 9.20 Å². The van der Waals surface area contributed by atoms with Crippen molar-refractivity contribution in [2.75, 3.05) is 12.9 Å². The first-order valence-electron chi connectivity index (χ1n) is 10.2. The molecule has 0 N–H and O–H groups in total. The van der Waals surface area contributed by atoms with E-state index in [4.69, 9.17) is 4.74 Å². The first-order valence-corrected chi connectivity index (χ1v) is 12.0. The molecule has 0 saturated heterocycles. The van der Waals surface area contributed by atoms with Gasteiger partial charge in [0.1, 0.15) is 11.4 Å². The van der Waals surface area contributed by atoms with E-state index in [-0.39, 0.29) is 22.9 Å². The minimum atomic E-state index is -0.425. The molecule has 0 bridgehead atoms. The highest BCUT2D eigenvalue weighted by atomic mass is 32.2. The van der Waals surface area contributed by atoms with E-state index in [1.807, 2.05) is 41.8 Å². The Morgan fingerprint density at radius 3 is 2.76 bits per heavy atom. The second-order valence-corrected chi connectivity index (χ2v) is 9.15. The number of hydrogen-bond acceptors (Lipinski definition) is 8. The van der Waals surface area contributed by atoms with Crippen LogP contribution < -0.4 is 10.4 Å². The van der Waals surface area contributed by atoms with Crippen molar-refractivity contribution < 1.29 is 9.53 Å². The summed E-state index contributed by atoms with van der Waals surface area (Å²) in [5.74, 6) is 0.643. The van der Waals surface area contributed by atoms with E-state index >= 15 is 0 Å². The Morgan fingerprint density at radius 1 is 1.15 bits per heavy atom. The van der Waals surface area contributed by atoms with E-state index in [9.17, 15) is 9.59 Å². The van der Waals surface area contributed by atoms with Crippen molar-refractivity contribution in [3.8, 4) is 5.75 Å². The lowest BCUT2D eigenvalue weighted by atomic mass is 10.0. The Hall–Kier alpha value is -3.50. The van der Waals surface area contributed by atoms with Crippen LogP contribution in [-0.4, -0.2) is 43.9 Å². The molecule has 0 spiro atoms. The van der Waals surface area contributed by atoms with Crippen LogP contribution in [-0.2, 0) is 4.79 Å².